The normalized spacial score (nSPS) is 10.9. The number of para-hydroxylation sites is 1. The van der Waals surface area contributed by atoms with Crippen LogP contribution in [0.25, 0.3) is 92.3 Å². The number of furan rings is 1. The number of nitrogens with two attached hydrogens (primary N) is 2. The largest absolute Gasteiger partial charge is 0.456 e. The SMILES string of the molecule is CC.CI.Cc1ccccc1.N/C=C\C=C/c1ccc(-c2ccc3sc4cc(-c5ccc(-c6ccc7c(c6)oc6ccccc67)c6ccccc56)ccc4c3c2)cc1.NCCc1ccccc1. The van der Waals surface area contributed by atoms with Gasteiger partial charge in [0.25, 0.3) is 0 Å². The van der Waals surface area contributed by atoms with E-state index in [0.29, 0.717) is 0 Å². The molecule has 0 saturated heterocycles. The third kappa shape index (κ3) is 11.6. The Labute approximate surface area is 413 Å². The van der Waals surface area contributed by atoms with Gasteiger partial charge in [-0.15, -0.1) is 11.3 Å². The van der Waals surface area contributed by atoms with E-state index < -0.39 is 0 Å². The van der Waals surface area contributed by atoms with Crippen molar-refractivity contribution in [2.75, 3.05) is 11.5 Å². The summed E-state index contributed by atoms with van der Waals surface area (Å²) in [7, 11) is 0. The highest BCUT2D eigenvalue weighted by Crippen LogP contribution is 2.42. The van der Waals surface area contributed by atoms with Crippen molar-refractivity contribution in [1.29, 1.82) is 0 Å². The topological polar surface area (TPSA) is 65.2 Å². The van der Waals surface area contributed by atoms with Gasteiger partial charge in [0.05, 0.1) is 0 Å². The van der Waals surface area contributed by atoms with Crippen molar-refractivity contribution in [1.82, 2.24) is 0 Å². The Balaban J connectivity index is 0.000000279. The highest BCUT2D eigenvalue weighted by Gasteiger charge is 2.14. The number of rotatable bonds is 7. The molecule has 2 aromatic heterocycles. The molecule has 0 bridgehead atoms. The van der Waals surface area contributed by atoms with E-state index in [1.54, 1.807) is 0 Å². The van der Waals surface area contributed by atoms with Crippen molar-refractivity contribution in [2.45, 2.75) is 27.2 Å². The minimum absolute atomic E-state index is 0.740. The maximum atomic E-state index is 6.23. The number of alkyl halides is 1. The molecule has 11 aromatic rings. The number of hydrogen-bond acceptors (Lipinski definition) is 4. The van der Waals surface area contributed by atoms with Gasteiger partial charge in [-0.05, 0) is 129 Å². The first-order valence-electron chi connectivity index (χ1n) is 22.8. The Kier molecular flexibility index (Phi) is 17.3. The van der Waals surface area contributed by atoms with Gasteiger partial charge in [-0.3, -0.25) is 0 Å². The smallest absolute Gasteiger partial charge is 0.136 e. The Morgan fingerprint density at radius 1 is 0.478 bits per heavy atom. The van der Waals surface area contributed by atoms with Gasteiger partial charge < -0.3 is 15.9 Å². The molecule has 2 heterocycles. The van der Waals surface area contributed by atoms with Gasteiger partial charge in [0.1, 0.15) is 11.2 Å². The highest BCUT2D eigenvalue weighted by molar-refractivity contribution is 14.1. The zero-order valence-electron chi connectivity index (χ0n) is 38.6. The summed E-state index contributed by atoms with van der Waals surface area (Å²) in [5, 5.41) is 7.38. The van der Waals surface area contributed by atoms with Crippen molar-refractivity contribution in [3.8, 4) is 33.4 Å². The second-order valence-electron chi connectivity index (χ2n) is 15.6. The summed E-state index contributed by atoms with van der Waals surface area (Å²) in [4.78, 5) is 1.97. The van der Waals surface area contributed by atoms with Gasteiger partial charge in [-0.2, -0.15) is 0 Å². The quantitative estimate of drug-likeness (QED) is 0.0950. The fraction of sp³-hybridized carbons (Fsp3) is 0.0968. The van der Waals surface area contributed by atoms with Crippen LogP contribution in [0.15, 0.2) is 223 Å². The van der Waals surface area contributed by atoms with Gasteiger partial charge in [0.15, 0.2) is 0 Å². The number of hydrogen-bond donors (Lipinski definition) is 2. The highest BCUT2D eigenvalue weighted by atomic mass is 127. The van der Waals surface area contributed by atoms with Gasteiger partial charge in [0, 0.05) is 30.9 Å². The monoisotopic (exact) mass is 1000 g/mol. The van der Waals surface area contributed by atoms with Crippen LogP contribution in [-0.4, -0.2) is 11.5 Å². The molecule has 4 N–H and O–H groups in total. The van der Waals surface area contributed by atoms with E-state index in [2.05, 4.69) is 187 Å². The summed E-state index contributed by atoms with van der Waals surface area (Å²) in [6, 6.07) is 71.0. The van der Waals surface area contributed by atoms with Crippen molar-refractivity contribution in [2.24, 2.45) is 11.5 Å². The van der Waals surface area contributed by atoms with Crippen LogP contribution in [0.5, 0.6) is 0 Å². The second kappa shape index (κ2) is 24.1. The van der Waals surface area contributed by atoms with Crippen molar-refractivity contribution in [3.05, 3.63) is 235 Å². The molecule has 0 spiro atoms. The van der Waals surface area contributed by atoms with Crippen LogP contribution in [0.3, 0.4) is 0 Å². The van der Waals surface area contributed by atoms with Gasteiger partial charge in [-0.1, -0.05) is 218 Å². The molecule has 0 aliphatic rings. The lowest BCUT2D eigenvalue weighted by Gasteiger charge is -2.12. The summed E-state index contributed by atoms with van der Waals surface area (Å²) >= 11 is 4.01. The second-order valence-corrected chi connectivity index (χ2v) is 16.7. The number of fused-ring (bicyclic) bond motifs is 7. The summed E-state index contributed by atoms with van der Waals surface area (Å²) in [5.41, 5.74) is 23.7. The summed E-state index contributed by atoms with van der Waals surface area (Å²) < 4.78 is 8.83. The van der Waals surface area contributed by atoms with E-state index in [1.807, 2.05) is 90.8 Å². The first-order valence-corrected chi connectivity index (χ1v) is 25.7. The van der Waals surface area contributed by atoms with Crippen LogP contribution in [-0.2, 0) is 6.42 Å². The molecule has 0 aliphatic heterocycles. The molecule has 9 aromatic carbocycles. The molecule has 3 nitrogen and oxygen atoms in total. The minimum atomic E-state index is 0.740. The molecule has 0 atom stereocenters. The number of allylic oxidation sites excluding steroid dienone is 2. The molecule has 334 valence electrons. The van der Waals surface area contributed by atoms with Crippen LogP contribution in [0.2, 0.25) is 0 Å². The lowest BCUT2D eigenvalue weighted by molar-refractivity contribution is 0.669. The number of thiophene rings is 1. The van der Waals surface area contributed by atoms with E-state index >= 15 is 0 Å². The molecular formula is C62H57IN2OS. The van der Waals surface area contributed by atoms with Crippen molar-refractivity contribution < 1.29 is 4.42 Å². The lowest BCUT2D eigenvalue weighted by Crippen LogP contribution is -2.01. The fourth-order valence-electron chi connectivity index (χ4n) is 8.18. The third-order valence-corrected chi connectivity index (χ3v) is 12.5. The van der Waals surface area contributed by atoms with Crippen LogP contribution in [0, 0.1) is 6.92 Å². The fourth-order valence-corrected chi connectivity index (χ4v) is 9.31. The van der Waals surface area contributed by atoms with E-state index in [4.69, 9.17) is 15.9 Å². The van der Waals surface area contributed by atoms with Crippen LogP contribution in [0.4, 0.5) is 0 Å². The number of halogens is 1. The zero-order chi connectivity index (χ0) is 47.0. The van der Waals surface area contributed by atoms with Crippen LogP contribution < -0.4 is 11.5 Å². The predicted molar refractivity (Wildman–Crippen MR) is 304 cm³/mol. The predicted octanol–water partition coefficient (Wildman–Crippen LogP) is 17.9. The Morgan fingerprint density at radius 2 is 1.03 bits per heavy atom. The first kappa shape index (κ1) is 48.2. The summed E-state index contributed by atoms with van der Waals surface area (Å²) in [5.74, 6) is 0. The molecule has 0 aliphatic carbocycles. The minimum Gasteiger partial charge on any atom is -0.456 e. The standard InChI is InChI=1S/C44H29NOS.C8H11N.C7H8.C2H6.CH3I/c45-24-6-5-7-28-12-14-29(15-13-28)30-18-23-43-40(25-30)39-20-17-32(27-44(39)47-43)34-22-21-33(35-8-1-2-9-36(34)35)31-16-19-38-37-10-3-4-11-41(37)46-42(38)26-31;9-7-6-8-4-2-1-3-5-8;1-7-5-3-2-4-6-7;2*1-2/h1-27H,45H2;1-5H,6-7,9H2;2-6H,1H3;1-2H3;1H3/b7-5-,24-6-;;;;. The van der Waals surface area contributed by atoms with Crippen molar-refractivity contribution in [3.63, 3.8) is 0 Å². The summed E-state index contributed by atoms with van der Waals surface area (Å²) in [6.07, 6.45) is 8.36. The van der Waals surface area contributed by atoms with E-state index in [0.717, 1.165) is 46.0 Å². The molecule has 0 unspecified atom stereocenters. The van der Waals surface area contributed by atoms with E-state index in [1.165, 1.54) is 76.1 Å². The molecule has 5 heteroatoms. The lowest BCUT2D eigenvalue weighted by atomic mass is 9.91. The van der Waals surface area contributed by atoms with Crippen LogP contribution in [0.1, 0.15) is 30.5 Å². The molecule has 0 saturated carbocycles. The molecule has 0 amide bonds. The molecule has 11 rings (SSSR count). The Bertz CT molecular complexity index is 3370. The summed E-state index contributed by atoms with van der Waals surface area (Å²) in [6.45, 7) is 6.82. The zero-order valence-corrected chi connectivity index (χ0v) is 41.6. The average Bonchev–Trinajstić information content (AvgIpc) is 3.96. The Hall–Kier alpha value is -6.77. The molecular weight excluding hydrogens is 948 g/mol. The van der Waals surface area contributed by atoms with Crippen molar-refractivity contribution >= 4 is 92.9 Å². The molecule has 67 heavy (non-hydrogen) atoms. The molecule has 0 fully saturated rings. The Morgan fingerprint density at radius 3 is 1.66 bits per heavy atom. The molecule has 0 radical (unpaired) electrons. The van der Waals surface area contributed by atoms with Gasteiger partial charge >= 0.3 is 0 Å². The number of aryl methyl sites for hydroxylation is 1. The van der Waals surface area contributed by atoms with E-state index in [-0.39, 0.29) is 0 Å². The van der Waals surface area contributed by atoms with E-state index in [9.17, 15) is 0 Å². The number of benzene rings is 9. The van der Waals surface area contributed by atoms with Crippen LogP contribution >= 0.6 is 33.9 Å². The van der Waals surface area contributed by atoms with Gasteiger partial charge in [0.2, 0.25) is 0 Å². The average molecular weight is 1010 g/mol. The first-order chi connectivity index (χ1) is 33.1. The third-order valence-electron chi connectivity index (χ3n) is 11.4. The maximum Gasteiger partial charge on any atom is 0.136 e. The maximum absolute atomic E-state index is 6.23. The van der Waals surface area contributed by atoms with Gasteiger partial charge in [-0.25, -0.2) is 0 Å².